The molecule has 0 aliphatic heterocycles. The Morgan fingerprint density at radius 1 is 0.426 bits per heavy atom. The highest BCUT2D eigenvalue weighted by molar-refractivity contribution is 6.18. The van der Waals surface area contributed by atoms with Crippen LogP contribution in [0.1, 0.15) is 0 Å². The molecule has 5 heteroatoms. The van der Waals surface area contributed by atoms with Crippen LogP contribution in [0.3, 0.4) is 0 Å². The predicted molar refractivity (Wildman–Crippen MR) is 190 cm³/mol. The summed E-state index contributed by atoms with van der Waals surface area (Å²) in [5.41, 5.74) is 8.70. The number of rotatable bonds is 5. The minimum Gasteiger partial charge on any atom is -0.455 e. The first kappa shape index (κ1) is 26.9. The van der Waals surface area contributed by atoms with Gasteiger partial charge in [0, 0.05) is 50.8 Å². The summed E-state index contributed by atoms with van der Waals surface area (Å²) < 4.78 is 6.70. The molecule has 0 aliphatic rings. The third-order valence-electron chi connectivity index (χ3n) is 8.62. The van der Waals surface area contributed by atoms with Crippen LogP contribution in [-0.2, 0) is 0 Å². The quantitative estimate of drug-likeness (QED) is 0.196. The van der Waals surface area contributed by atoms with Crippen molar-refractivity contribution < 1.29 is 4.42 Å². The van der Waals surface area contributed by atoms with Gasteiger partial charge in [-0.25, -0.2) is 15.0 Å². The second-order valence-corrected chi connectivity index (χ2v) is 11.5. The monoisotopic (exact) mass is 602 g/mol. The van der Waals surface area contributed by atoms with Gasteiger partial charge in [-0.2, -0.15) is 0 Å². The number of benzene rings is 6. The average molecular weight is 603 g/mol. The Morgan fingerprint density at radius 2 is 0.979 bits per heavy atom. The Morgan fingerprint density at radius 3 is 1.68 bits per heavy atom. The Hall–Kier alpha value is -6.46. The molecule has 3 aromatic heterocycles. The van der Waals surface area contributed by atoms with Crippen molar-refractivity contribution in [1.82, 2.24) is 19.9 Å². The molecular weight excluding hydrogens is 576 g/mol. The first-order valence-electron chi connectivity index (χ1n) is 15.5. The van der Waals surface area contributed by atoms with E-state index in [0.717, 1.165) is 71.7 Å². The molecule has 0 radical (unpaired) electrons. The maximum absolute atomic E-state index is 6.70. The molecule has 220 valence electrons. The summed E-state index contributed by atoms with van der Waals surface area (Å²) in [7, 11) is 0. The molecule has 0 aliphatic carbocycles. The van der Waals surface area contributed by atoms with Gasteiger partial charge in [0.25, 0.3) is 0 Å². The third-order valence-corrected chi connectivity index (χ3v) is 8.62. The molecule has 0 saturated carbocycles. The van der Waals surface area contributed by atoms with Crippen LogP contribution >= 0.6 is 0 Å². The average Bonchev–Trinajstić information content (AvgIpc) is 3.53. The molecule has 0 atom stereocenters. The van der Waals surface area contributed by atoms with Crippen LogP contribution in [0.2, 0.25) is 0 Å². The van der Waals surface area contributed by atoms with Gasteiger partial charge in [-0.3, -0.25) is 4.98 Å². The smallest absolute Gasteiger partial charge is 0.164 e. The first-order valence-corrected chi connectivity index (χ1v) is 15.5. The Kier molecular flexibility index (Phi) is 6.39. The topological polar surface area (TPSA) is 64.7 Å². The van der Waals surface area contributed by atoms with Gasteiger partial charge >= 0.3 is 0 Å². The van der Waals surface area contributed by atoms with E-state index in [-0.39, 0.29) is 0 Å². The Balaban J connectivity index is 1.30. The van der Waals surface area contributed by atoms with Crippen molar-refractivity contribution in [1.29, 1.82) is 0 Å². The molecule has 47 heavy (non-hydrogen) atoms. The summed E-state index contributed by atoms with van der Waals surface area (Å²) in [6.07, 6.45) is 3.70. The number of fused-ring (bicyclic) bond motifs is 4. The van der Waals surface area contributed by atoms with Crippen molar-refractivity contribution in [2.45, 2.75) is 0 Å². The van der Waals surface area contributed by atoms with E-state index >= 15 is 0 Å². The summed E-state index contributed by atoms with van der Waals surface area (Å²) in [6.45, 7) is 0. The number of aromatic nitrogens is 4. The largest absolute Gasteiger partial charge is 0.455 e. The third kappa shape index (κ3) is 4.82. The van der Waals surface area contributed by atoms with Crippen LogP contribution in [0.15, 0.2) is 162 Å². The van der Waals surface area contributed by atoms with Crippen LogP contribution in [-0.4, -0.2) is 19.9 Å². The fraction of sp³-hybridized carbons (Fsp3) is 0. The highest BCUT2D eigenvalue weighted by Gasteiger charge is 2.21. The van der Waals surface area contributed by atoms with Crippen LogP contribution in [0.4, 0.5) is 0 Å². The Labute approximate surface area is 270 Å². The molecule has 5 nitrogen and oxygen atoms in total. The summed E-state index contributed by atoms with van der Waals surface area (Å²) >= 11 is 0. The van der Waals surface area contributed by atoms with Crippen LogP contribution < -0.4 is 0 Å². The van der Waals surface area contributed by atoms with Crippen molar-refractivity contribution in [3.8, 4) is 56.4 Å². The molecule has 6 aromatic carbocycles. The second-order valence-electron chi connectivity index (χ2n) is 11.5. The zero-order valence-electron chi connectivity index (χ0n) is 25.2. The molecular formula is C42H26N4O. The molecule has 0 saturated heterocycles. The zero-order chi connectivity index (χ0) is 31.2. The van der Waals surface area contributed by atoms with Crippen molar-refractivity contribution in [2.75, 3.05) is 0 Å². The molecule has 0 amide bonds. The summed E-state index contributed by atoms with van der Waals surface area (Å²) in [6, 6.07) is 49.6. The van der Waals surface area contributed by atoms with Crippen molar-refractivity contribution in [3.05, 3.63) is 158 Å². The van der Waals surface area contributed by atoms with Crippen molar-refractivity contribution in [3.63, 3.8) is 0 Å². The lowest BCUT2D eigenvalue weighted by Crippen LogP contribution is -2.00. The molecule has 0 bridgehead atoms. The van der Waals surface area contributed by atoms with Gasteiger partial charge in [-0.15, -0.1) is 0 Å². The normalized spacial score (nSPS) is 11.4. The minimum absolute atomic E-state index is 0.583. The fourth-order valence-corrected chi connectivity index (χ4v) is 6.28. The van der Waals surface area contributed by atoms with Crippen LogP contribution in [0.25, 0.3) is 89.1 Å². The number of hydrogen-bond acceptors (Lipinski definition) is 5. The molecule has 0 spiro atoms. The van der Waals surface area contributed by atoms with E-state index in [1.54, 1.807) is 0 Å². The lowest BCUT2D eigenvalue weighted by molar-refractivity contribution is 0.670. The lowest BCUT2D eigenvalue weighted by atomic mass is 9.97. The molecule has 0 fully saturated rings. The summed E-state index contributed by atoms with van der Waals surface area (Å²) in [4.78, 5) is 19.6. The molecule has 3 heterocycles. The first-order chi connectivity index (χ1) is 23.3. The standard InChI is InChI=1S/C42H26N4O/c1-4-10-27(11-5-1)28-16-18-31(19-17-28)41-44-40(30-14-8-3-9-15-30)45-42(46-41)35-21-20-34(29-12-6-2-7-13-29)39-38(35)36-24-33-26-43-23-22-32(33)25-37(36)47-39/h1-26H. The Bertz CT molecular complexity index is 2540. The van der Waals surface area contributed by atoms with E-state index in [2.05, 4.69) is 89.9 Å². The molecule has 9 aromatic rings. The summed E-state index contributed by atoms with van der Waals surface area (Å²) in [5.74, 6) is 1.80. The molecule has 9 rings (SSSR count). The molecule has 0 unspecified atom stereocenters. The maximum Gasteiger partial charge on any atom is 0.164 e. The van der Waals surface area contributed by atoms with E-state index in [1.807, 2.05) is 73.1 Å². The molecule has 0 N–H and O–H groups in total. The van der Waals surface area contributed by atoms with Gasteiger partial charge in [0.1, 0.15) is 11.2 Å². The minimum atomic E-state index is 0.583. The van der Waals surface area contributed by atoms with Gasteiger partial charge < -0.3 is 4.42 Å². The van der Waals surface area contributed by atoms with Crippen molar-refractivity contribution >= 4 is 32.7 Å². The van der Waals surface area contributed by atoms with Crippen molar-refractivity contribution in [2.24, 2.45) is 0 Å². The number of pyridine rings is 1. The van der Waals surface area contributed by atoms with E-state index < -0.39 is 0 Å². The summed E-state index contributed by atoms with van der Waals surface area (Å²) in [5, 5.41) is 4.06. The van der Waals surface area contributed by atoms with E-state index in [1.165, 1.54) is 0 Å². The predicted octanol–water partition coefficient (Wildman–Crippen LogP) is 10.7. The lowest BCUT2D eigenvalue weighted by Gasteiger charge is -2.11. The van der Waals surface area contributed by atoms with Crippen LogP contribution in [0.5, 0.6) is 0 Å². The van der Waals surface area contributed by atoms with Gasteiger partial charge in [0.15, 0.2) is 17.5 Å². The second kappa shape index (κ2) is 11.2. The SMILES string of the molecule is c1ccc(-c2ccc(-c3nc(-c4ccccc4)nc(-c4ccc(-c5ccccc5)c5oc6cc7ccncc7cc6c45)n3)cc2)cc1. The van der Waals surface area contributed by atoms with Gasteiger partial charge in [-0.1, -0.05) is 115 Å². The van der Waals surface area contributed by atoms with E-state index in [4.69, 9.17) is 19.4 Å². The number of hydrogen-bond donors (Lipinski definition) is 0. The fourth-order valence-electron chi connectivity index (χ4n) is 6.28. The van der Waals surface area contributed by atoms with E-state index in [9.17, 15) is 0 Å². The highest BCUT2D eigenvalue weighted by Crippen LogP contribution is 2.42. The number of furan rings is 1. The zero-order valence-corrected chi connectivity index (χ0v) is 25.2. The van der Waals surface area contributed by atoms with Gasteiger partial charge in [-0.05, 0) is 52.4 Å². The number of nitrogens with zero attached hydrogens (tertiary/aromatic N) is 4. The van der Waals surface area contributed by atoms with Gasteiger partial charge in [0.05, 0.1) is 0 Å². The highest BCUT2D eigenvalue weighted by atomic mass is 16.3. The maximum atomic E-state index is 6.70. The van der Waals surface area contributed by atoms with E-state index in [0.29, 0.717) is 17.5 Å². The van der Waals surface area contributed by atoms with Gasteiger partial charge in [0.2, 0.25) is 0 Å². The van der Waals surface area contributed by atoms with Crippen LogP contribution in [0, 0.1) is 0 Å².